The van der Waals surface area contributed by atoms with E-state index >= 15 is 0 Å². The first-order valence-electron chi connectivity index (χ1n) is 36.8. The molecule has 0 aromatic rings. The highest BCUT2D eigenvalue weighted by Gasteiger charge is 2.51. The first-order valence-corrected chi connectivity index (χ1v) is 36.8. The van der Waals surface area contributed by atoms with Gasteiger partial charge in [-0.15, -0.1) is 0 Å². The molecular formula is C78H133NO13. The summed E-state index contributed by atoms with van der Waals surface area (Å²) in [5.41, 5.74) is 0. The Morgan fingerprint density at radius 2 is 0.750 bits per heavy atom. The third-order valence-corrected chi connectivity index (χ3v) is 17.2. The van der Waals surface area contributed by atoms with E-state index in [4.69, 9.17) is 18.9 Å². The monoisotopic (exact) mass is 1290 g/mol. The van der Waals surface area contributed by atoms with Crippen molar-refractivity contribution in [3.8, 4) is 0 Å². The van der Waals surface area contributed by atoms with Crippen LogP contribution in [0.5, 0.6) is 0 Å². The van der Waals surface area contributed by atoms with Crippen LogP contribution in [0.2, 0.25) is 0 Å². The summed E-state index contributed by atoms with van der Waals surface area (Å²) in [6, 6.07) is -0.863. The fourth-order valence-corrected chi connectivity index (χ4v) is 11.4. The number of carbonyl (C=O) groups is 1. The summed E-state index contributed by atoms with van der Waals surface area (Å²) in [5.74, 6) is -0.251. The Balaban J connectivity index is 1.70. The zero-order valence-corrected chi connectivity index (χ0v) is 57.5. The zero-order valence-electron chi connectivity index (χ0n) is 57.5. The molecule has 2 aliphatic heterocycles. The number of nitrogens with one attached hydrogen (secondary N) is 1. The fraction of sp³-hybridized carbons (Fsp3) is 0.731. The highest BCUT2D eigenvalue weighted by Crippen LogP contribution is 2.30. The molecule has 2 heterocycles. The number of aliphatic hydroxyl groups excluding tert-OH is 8. The molecule has 14 heteroatoms. The van der Waals surface area contributed by atoms with Crippen LogP contribution in [0.3, 0.4) is 0 Å². The molecular weight excluding hydrogens is 1160 g/mol. The van der Waals surface area contributed by atoms with Gasteiger partial charge >= 0.3 is 0 Å². The Kier molecular flexibility index (Phi) is 56.0. The largest absolute Gasteiger partial charge is 0.394 e. The van der Waals surface area contributed by atoms with Crippen molar-refractivity contribution in [2.24, 2.45) is 0 Å². The van der Waals surface area contributed by atoms with Gasteiger partial charge in [0.2, 0.25) is 5.91 Å². The quantitative estimate of drug-likeness (QED) is 0.0204. The van der Waals surface area contributed by atoms with Crippen molar-refractivity contribution < 1.29 is 64.6 Å². The lowest BCUT2D eigenvalue weighted by atomic mass is 9.97. The first kappa shape index (κ1) is 84.5. The molecule has 2 fully saturated rings. The van der Waals surface area contributed by atoms with Crippen molar-refractivity contribution in [1.29, 1.82) is 0 Å². The highest BCUT2D eigenvalue weighted by atomic mass is 16.7. The molecule has 1 amide bonds. The molecule has 14 nitrogen and oxygen atoms in total. The molecule has 2 saturated heterocycles. The molecule has 0 aromatic heterocycles. The van der Waals surface area contributed by atoms with E-state index < -0.39 is 86.8 Å². The minimum Gasteiger partial charge on any atom is -0.394 e. The van der Waals surface area contributed by atoms with E-state index in [1.165, 1.54) is 135 Å². The average molecular weight is 1290 g/mol. The summed E-state index contributed by atoms with van der Waals surface area (Å²) < 4.78 is 22.9. The lowest BCUT2D eigenvalue weighted by Crippen LogP contribution is -2.65. The Labute approximate surface area is 558 Å². The van der Waals surface area contributed by atoms with Crippen molar-refractivity contribution in [3.05, 3.63) is 122 Å². The molecule has 9 N–H and O–H groups in total. The Morgan fingerprint density at radius 3 is 1.13 bits per heavy atom. The van der Waals surface area contributed by atoms with Gasteiger partial charge in [-0.3, -0.25) is 4.79 Å². The van der Waals surface area contributed by atoms with E-state index in [-0.39, 0.29) is 18.9 Å². The maximum absolute atomic E-state index is 13.4. The number of amides is 1. The van der Waals surface area contributed by atoms with Crippen molar-refractivity contribution in [3.63, 3.8) is 0 Å². The summed E-state index contributed by atoms with van der Waals surface area (Å²) in [6.07, 6.45) is 72.1. The summed E-state index contributed by atoms with van der Waals surface area (Å²) >= 11 is 0. The van der Waals surface area contributed by atoms with Crippen molar-refractivity contribution in [2.75, 3.05) is 19.8 Å². The van der Waals surface area contributed by atoms with Crippen LogP contribution < -0.4 is 5.32 Å². The van der Waals surface area contributed by atoms with Crippen LogP contribution in [-0.4, -0.2) is 140 Å². The third-order valence-electron chi connectivity index (χ3n) is 17.2. The number of carbonyl (C=O) groups excluding carboxylic acids is 1. The van der Waals surface area contributed by atoms with Crippen LogP contribution in [-0.2, 0) is 23.7 Å². The predicted octanol–water partition coefficient (Wildman–Crippen LogP) is 15.7. The van der Waals surface area contributed by atoms with E-state index in [9.17, 15) is 45.6 Å². The molecule has 2 aliphatic rings. The number of unbranched alkanes of at least 4 members (excludes halogenated alkanes) is 26. The number of hydrogen-bond acceptors (Lipinski definition) is 13. The molecule has 12 atom stereocenters. The van der Waals surface area contributed by atoms with Gasteiger partial charge < -0.3 is 65.1 Å². The van der Waals surface area contributed by atoms with Gasteiger partial charge in [0.25, 0.3) is 0 Å². The third kappa shape index (κ3) is 44.2. The maximum atomic E-state index is 13.4. The van der Waals surface area contributed by atoms with Gasteiger partial charge in [0.05, 0.1) is 32.0 Å². The molecule has 0 spiro atoms. The molecule has 0 aliphatic carbocycles. The van der Waals surface area contributed by atoms with Crippen molar-refractivity contribution >= 4 is 5.91 Å². The first-order chi connectivity index (χ1) is 45.1. The van der Waals surface area contributed by atoms with Crippen LogP contribution in [0.1, 0.15) is 271 Å². The van der Waals surface area contributed by atoms with Crippen LogP contribution in [0.15, 0.2) is 122 Å². The van der Waals surface area contributed by atoms with Gasteiger partial charge in [-0.1, -0.05) is 296 Å². The lowest BCUT2D eigenvalue weighted by molar-refractivity contribution is -0.359. The second kappa shape index (κ2) is 61.0. The van der Waals surface area contributed by atoms with E-state index in [0.717, 1.165) is 103 Å². The summed E-state index contributed by atoms with van der Waals surface area (Å²) in [7, 11) is 0. The normalized spacial score (nSPS) is 23.4. The molecule has 528 valence electrons. The highest BCUT2D eigenvalue weighted by molar-refractivity contribution is 5.76. The second-order valence-electron chi connectivity index (χ2n) is 25.3. The number of aliphatic hydroxyl groups is 8. The topological polar surface area (TPSA) is 228 Å². The van der Waals surface area contributed by atoms with Crippen LogP contribution in [0.25, 0.3) is 0 Å². The minimum atomic E-state index is -1.79. The van der Waals surface area contributed by atoms with Gasteiger partial charge in [0.1, 0.15) is 48.8 Å². The lowest BCUT2D eigenvalue weighted by Gasteiger charge is -2.46. The standard InChI is InChI=1S/C78H133NO13/c1-3-5-7-9-11-13-15-17-19-21-23-25-27-29-30-31-32-33-34-35-36-38-40-42-44-46-48-50-52-54-56-58-60-62-70(83)79-66(65-89-77-75(88)73(86)76(69(64-81)91-77)92-78-74(87)72(85)71(84)68(63-80)90-78)67(82)61-59-57-55-53-51-49-47-45-43-41-39-37-28-26-24-22-20-18-16-14-12-10-8-6-4-2/h5,7,11,13,17,19,23,25,29-30,32-33,35-36,40,42,46,48,52,54,66-69,71-78,80-82,84-88H,3-4,6,8-10,12,14-16,18,20-22,24,26-28,31,34,37-39,41,43-45,47,49-51,53,55-65H2,1-2H3,(H,79,83)/b7-5-,13-11-,19-17-,25-23-,30-29-,33-32-,36-35-,42-40-,48-46-,54-52-. The Morgan fingerprint density at radius 1 is 0.402 bits per heavy atom. The summed E-state index contributed by atoms with van der Waals surface area (Å²) in [4.78, 5) is 13.4. The number of rotatable bonds is 59. The predicted molar refractivity (Wildman–Crippen MR) is 378 cm³/mol. The molecule has 12 unspecified atom stereocenters. The van der Waals surface area contributed by atoms with E-state index in [1.807, 2.05) is 0 Å². The molecule has 0 saturated carbocycles. The van der Waals surface area contributed by atoms with Crippen LogP contribution >= 0.6 is 0 Å². The van der Waals surface area contributed by atoms with Gasteiger partial charge in [0.15, 0.2) is 12.6 Å². The molecule has 0 bridgehead atoms. The number of ether oxygens (including phenoxy) is 4. The van der Waals surface area contributed by atoms with Crippen LogP contribution in [0.4, 0.5) is 0 Å². The maximum Gasteiger partial charge on any atom is 0.220 e. The summed E-state index contributed by atoms with van der Waals surface area (Å²) in [6.45, 7) is 2.74. The smallest absolute Gasteiger partial charge is 0.220 e. The van der Waals surface area contributed by atoms with Gasteiger partial charge in [-0.05, 0) is 89.9 Å². The number of allylic oxidation sites excluding steroid dienone is 20. The number of hydrogen-bond donors (Lipinski definition) is 9. The second-order valence-corrected chi connectivity index (χ2v) is 25.3. The van der Waals surface area contributed by atoms with Crippen LogP contribution in [0, 0.1) is 0 Å². The Bertz CT molecular complexity index is 2010. The fourth-order valence-electron chi connectivity index (χ4n) is 11.4. The van der Waals surface area contributed by atoms with E-state index in [2.05, 4.69) is 141 Å². The van der Waals surface area contributed by atoms with E-state index in [0.29, 0.717) is 12.8 Å². The van der Waals surface area contributed by atoms with Crippen molar-refractivity contribution in [1.82, 2.24) is 5.32 Å². The van der Waals surface area contributed by atoms with Gasteiger partial charge in [-0.2, -0.15) is 0 Å². The average Bonchev–Trinajstić information content (AvgIpc) is 0.829. The molecule has 0 aromatic carbocycles. The molecule has 2 rings (SSSR count). The SMILES string of the molecule is CC/C=C\C/C=C\C/C=C\C/C=C\C/C=C\C/C=C\C/C=C\C/C=C\C/C=C\C/C=C\CCCCC(=O)NC(COC1OC(CO)C(OC2OC(CO)C(O)C(O)C2O)C(O)C1O)C(O)CCCCCCCCCCCCCCCCCCCCCCCCCCC. The zero-order chi connectivity index (χ0) is 66.6. The van der Waals surface area contributed by atoms with Crippen molar-refractivity contribution in [2.45, 2.75) is 344 Å². The Hall–Kier alpha value is -3.61. The van der Waals surface area contributed by atoms with E-state index in [1.54, 1.807) is 0 Å². The molecule has 0 radical (unpaired) electrons. The minimum absolute atomic E-state index is 0.241. The molecule has 92 heavy (non-hydrogen) atoms. The van der Waals surface area contributed by atoms with Gasteiger partial charge in [0, 0.05) is 6.42 Å². The summed E-state index contributed by atoms with van der Waals surface area (Å²) in [5, 5.41) is 87.7. The van der Waals surface area contributed by atoms with Gasteiger partial charge in [-0.25, -0.2) is 0 Å².